The first-order valence-electron chi connectivity index (χ1n) is 10.7. The van der Waals surface area contributed by atoms with Crippen molar-refractivity contribution in [1.29, 1.82) is 0 Å². The average Bonchev–Trinajstić information content (AvgIpc) is 2.81. The van der Waals surface area contributed by atoms with Crippen LogP contribution in [0.1, 0.15) is 24.0 Å². The minimum Gasteiger partial charge on any atom is -0.486 e. The summed E-state index contributed by atoms with van der Waals surface area (Å²) in [6.45, 7) is 1.68. The Morgan fingerprint density at radius 3 is 2.46 bits per heavy atom. The van der Waals surface area contributed by atoms with Gasteiger partial charge in [-0.15, -0.1) is 0 Å². The molecular weight excluding hydrogens is 483 g/mol. The van der Waals surface area contributed by atoms with E-state index in [1.54, 1.807) is 18.2 Å². The first kappa shape index (κ1) is 24.6. The van der Waals surface area contributed by atoms with Crippen LogP contribution in [-0.4, -0.2) is 32.1 Å². The number of hydrogen-bond donors (Lipinski definition) is 1. The van der Waals surface area contributed by atoms with Crippen LogP contribution in [0.15, 0.2) is 71.6 Å². The van der Waals surface area contributed by atoms with Crippen LogP contribution < -0.4 is 9.04 Å². The fourth-order valence-electron chi connectivity index (χ4n) is 3.94. The lowest BCUT2D eigenvalue weighted by Crippen LogP contribution is -2.43. The fourth-order valence-corrected chi connectivity index (χ4v) is 5.48. The van der Waals surface area contributed by atoms with E-state index in [1.165, 1.54) is 0 Å². The van der Waals surface area contributed by atoms with Gasteiger partial charge < -0.3 is 9.84 Å². The number of rotatable bonds is 6. The molecular formula is C25H22F3NO5S. The van der Waals surface area contributed by atoms with E-state index in [9.17, 15) is 26.4 Å². The summed E-state index contributed by atoms with van der Waals surface area (Å²) in [7, 11) is -4.43. The third-order valence-corrected chi connectivity index (χ3v) is 7.45. The van der Waals surface area contributed by atoms with Crippen LogP contribution in [0.2, 0.25) is 0 Å². The molecule has 0 fully saturated rings. The summed E-state index contributed by atoms with van der Waals surface area (Å²) in [6.07, 6.45) is -5.72. The average molecular weight is 506 g/mol. The maximum absolute atomic E-state index is 13.6. The summed E-state index contributed by atoms with van der Waals surface area (Å²) in [5.41, 5.74) is 1.62. The molecule has 0 bridgehead atoms. The predicted molar refractivity (Wildman–Crippen MR) is 124 cm³/mol. The highest BCUT2D eigenvalue weighted by Gasteiger charge is 2.37. The van der Waals surface area contributed by atoms with Gasteiger partial charge in [0.25, 0.3) is 10.0 Å². The molecule has 1 N–H and O–H groups in total. The lowest BCUT2D eigenvalue weighted by Gasteiger charge is -2.36. The zero-order valence-electron chi connectivity index (χ0n) is 18.6. The Labute approximate surface area is 200 Å². The lowest BCUT2D eigenvalue weighted by atomic mass is 10.0. The van der Waals surface area contributed by atoms with E-state index in [2.05, 4.69) is 0 Å². The zero-order valence-corrected chi connectivity index (χ0v) is 19.4. The summed E-state index contributed by atoms with van der Waals surface area (Å²) in [4.78, 5) is 10.5. The summed E-state index contributed by atoms with van der Waals surface area (Å²) in [5, 5.41) is 9.04. The number of halogens is 3. The Hall–Kier alpha value is -3.53. The van der Waals surface area contributed by atoms with E-state index in [0.29, 0.717) is 11.6 Å². The molecule has 0 saturated heterocycles. The number of fused-ring (bicyclic) bond motifs is 1. The van der Waals surface area contributed by atoms with E-state index in [4.69, 9.17) is 9.84 Å². The number of anilines is 1. The van der Waals surface area contributed by atoms with Gasteiger partial charge in [0, 0.05) is 6.42 Å². The van der Waals surface area contributed by atoms with E-state index < -0.39 is 38.7 Å². The molecule has 6 nitrogen and oxygen atoms in total. The van der Waals surface area contributed by atoms with Crippen molar-refractivity contribution in [3.05, 3.63) is 77.9 Å². The van der Waals surface area contributed by atoms with E-state index in [0.717, 1.165) is 33.6 Å². The maximum atomic E-state index is 13.6. The molecule has 0 aliphatic carbocycles. The molecule has 1 aliphatic heterocycles. The van der Waals surface area contributed by atoms with Crippen LogP contribution in [0.3, 0.4) is 0 Å². The zero-order chi connectivity index (χ0) is 25.4. The van der Waals surface area contributed by atoms with Crippen molar-refractivity contribution in [3.63, 3.8) is 0 Å². The third kappa shape index (κ3) is 5.27. The fraction of sp³-hybridized carbons (Fsp3) is 0.240. The van der Waals surface area contributed by atoms with Crippen LogP contribution in [0.25, 0.3) is 11.1 Å². The van der Waals surface area contributed by atoms with E-state index in [-0.39, 0.29) is 30.8 Å². The first-order chi connectivity index (χ1) is 16.4. The summed E-state index contributed by atoms with van der Waals surface area (Å²) >= 11 is 0. The maximum Gasteiger partial charge on any atom is 0.416 e. The van der Waals surface area contributed by atoms with Crippen molar-refractivity contribution in [2.45, 2.75) is 36.9 Å². The van der Waals surface area contributed by atoms with Crippen LogP contribution in [0, 0.1) is 6.92 Å². The quantitative estimate of drug-likeness (QED) is 0.478. The Balaban J connectivity index is 1.81. The molecule has 1 heterocycles. The Kier molecular flexibility index (Phi) is 6.50. The van der Waals surface area contributed by atoms with Gasteiger partial charge in [-0.3, -0.25) is 9.10 Å². The monoisotopic (exact) mass is 505 g/mol. The smallest absolute Gasteiger partial charge is 0.416 e. The largest absolute Gasteiger partial charge is 0.486 e. The van der Waals surface area contributed by atoms with Crippen molar-refractivity contribution in [1.82, 2.24) is 0 Å². The highest BCUT2D eigenvalue weighted by Crippen LogP contribution is 2.41. The molecule has 0 spiro atoms. The molecule has 0 aromatic heterocycles. The molecule has 0 saturated carbocycles. The van der Waals surface area contributed by atoms with E-state index >= 15 is 0 Å². The van der Waals surface area contributed by atoms with Crippen LogP contribution in [0.4, 0.5) is 18.9 Å². The number of nitrogens with zero attached hydrogens (tertiary/aromatic N) is 1. The molecule has 3 aromatic carbocycles. The molecule has 4 rings (SSSR count). The van der Waals surface area contributed by atoms with E-state index in [1.807, 2.05) is 31.2 Å². The number of benzene rings is 3. The van der Waals surface area contributed by atoms with Crippen molar-refractivity contribution in [2.75, 3.05) is 10.8 Å². The summed E-state index contributed by atoms with van der Waals surface area (Å²) in [6, 6.07) is 16.1. The van der Waals surface area contributed by atoms with Crippen molar-refractivity contribution < 1.29 is 36.2 Å². The second-order valence-electron chi connectivity index (χ2n) is 8.29. The molecule has 1 aliphatic rings. The Morgan fingerprint density at radius 1 is 1.06 bits per heavy atom. The van der Waals surface area contributed by atoms with Crippen molar-refractivity contribution >= 4 is 21.7 Å². The topological polar surface area (TPSA) is 83.9 Å². The molecule has 184 valence electrons. The van der Waals surface area contributed by atoms with Gasteiger partial charge in [0.1, 0.15) is 11.9 Å². The Bertz CT molecular complexity index is 1370. The lowest BCUT2D eigenvalue weighted by molar-refractivity contribution is -0.138. The summed E-state index contributed by atoms with van der Waals surface area (Å²) < 4.78 is 73.9. The highest BCUT2D eigenvalue weighted by molar-refractivity contribution is 7.92. The van der Waals surface area contributed by atoms with Crippen LogP contribution in [-0.2, 0) is 21.0 Å². The van der Waals surface area contributed by atoms with Crippen molar-refractivity contribution in [3.8, 4) is 16.9 Å². The molecule has 1 atom stereocenters. The van der Waals surface area contributed by atoms with Gasteiger partial charge in [-0.2, -0.15) is 13.2 Å². The third-order valence-electron chi connectivity index (χ3n) is 5.67. The summed E-state index contributed by atoms with van der Waals surface area (Å²) in [5.74, 6) is -0.861. The number of hydrogen-bond acceptors (Lipinski definition) is 4. The van der Waals surface area contributed by atoms with Crippen LogP contribution >= 0.6 is 0 Å². The molecule has 35 heavy (non-hydrogen) atoms. The molecule has 0 amide bonds. The first-order valence-corrected chi connectivity index (χ1v) is 12.2. The number of carboxylic acid groups (broad SMARTS) is 1. The second-order valence-corrected chi connectivity index (χ2v) is 10.1. The van der Waals surface area contributed by atoms with Gasteiger partial charge in [0.05, 0.1) is 22.7 Å². The molecule has 0 unspecified atom stereocenters. The normalized spacial score (nSPS) is 15.9. The molecule has 0 radical (unpaired) electrons. The van der Waals surface area contributed by atoms with Gasteiger partial charge in [-0.1, -0.05) is 42.0 Å². The molecule has 3 aromatic rings. The Morgan fingerprint density at radius 2 is 1.77 bits per heavy atom. The standard InChI is InChI=1S/C25H22F3NO5S/c1-16-4-2-5-17(12-16)18-8-10-23-22(13-18)29(15-20(34-23)9-11-24(30)31)35(32,33)21-7-3-6-19(14-21)25(26,27)28/h2-8,10,12-14,20H,9,11,15H2,1H3,(H,30,31)/t20-/m0/s1. The minimum absolute atomic E-state index is 0.0308. The van der Waals surface area contributed by atoms with Gasteiger partial charge in [0.2, 0.25) is 0 Å². The number of alkyl halides is 3. The highest BCUT2D eigenvalue weighted by atomic mass is 32.2. The van der Waals surface area contributed by atoms with Gasteiger partial charge >= 0.3 is 12.1 Å². The van der Waals surface area contributed by atoms with Crippen molar-refractivity contribution in [2.24, 2.45) is 0 Å². The molecule has 10 heteroatoms. The second kappa shape index (κ2) is 9.26. The van der Waals surface area contributed by atoms with Gasteiger partial charge in [-0.05, 0) is 54.8 Å². The van der Waals surface area contributed by atoms with Gasteiger partial charge in [0.15, 0.2) is 0 Å². The number of ether oxygens (including phenoxy) is 1. The predicted octanol–water partition coefficient (Wildman–Crippen LogP) is 5.50. The number of aliphatic carboxylic acids is 1. The minimum atomic E-state index is -4.71. The SMILES string of the molecule is Cc1cccc(-c2ccc3c(c2)N(S(=O)(=O)c2cccc(C(F)(F)F)c2)C[C@H](CCC(=O)O)O3)c1. The number of carbonyl (C=O) groups is 1. The number of carboxylic acids is 1. The number of sulfonamides is 1. The number of aryl methyl sites for hydroxylation is 1. The van der Waals surface area contributed by atoms with Gasteiger partial charge in [-0.25, -0.2) is 8.42 Å². The van der Waals surface area contributed by atoms with Crippen LogP contribution in [0.5, 0.6) is 5.75 Å².